The molecule has 2 fully saturated rings. The summed E-state index contributed by atoms with van der Waals surface area (Å²) in [6.07, 6.45) is 4.52. The molecule has 2 unspecified atom stereocenters. The molecule has 5 nitrogen and oxygen atoms in total. The topological polar surface area (TPSA) is 61.8 Å². The van der Waals surface area contributed by atoms with Crippen molar-refractivity contribution in [3.05, 3.63) is 17.7 Å². The molecule has 1 aromatic rings. The van der Waals surface area contributed by atoms with Crippen LogP contribution < -0.4 is 14.2 Å². The first-order valence-corrected chi connectivity index (χ1v) is 9.60. The highest BCUT2D eigenvalue weighted by atomic mass is 32.2. The highest BCUT2D eigenvalue weighted by Gasteiger charge is 2.40. The number of rotatable bonds is 5. The molecule has 132 valence electrons. The second kappa shape index (κ2) is 7.13. The number of carbonyl (C=O) groups is 1. The zero-order chi connectivity index (χ0) is 17.3. The maximum absolute atomic E-state index is 13.0. The number of hydrogen-bond donors (Lipinski definition) is 0. The number of ketones is 1. The molecule has 2 saturated heterocycles. The molecule has 3 rings (SSSR count). The number of fused-ring (bicyclic) bond motifs is 2. The van der Waals surface area contributed by atoms with Crippen molar-refractivity contribution >= 4 is 16.6 Å². The van der Waals surface area contributed by atoms with Crippen LogP contribution >= 0.6 is 0 Å². The molecule has 1 aromatic carbocycles. The van der Waals surface area contributed by atoms with Crippen LogP contribution in [0, 0.1) is 5.92 Å². The lowest BCUT2D eigenvalue weighted by molar-refractivity contribution is 0.0894. The van der Waals surface area contributed by atoms with Crippen LogP contribution in [0.15, 0.2) is 12.1 Å². The van der Waals surface area contributed by atoms with Gasteiger partial charge in [0.2, 0.25) is 5.75 Å². The Hall–Kier alpha value is -1.56. The van der Waals surface area contributed by atoms with Crippen LogP contribution in [0.1, 0.15) is 42.5 Å². The Morgan fingerprint density at radius 3 is 2.00 bits per heavy atom. The molecule has 0 spiro atoms. The van der Waals surface area contributed by atoms with Gasteiger partial charge in [0.1, 0.15) is 0 Å². The molecule has 2 heterocycles. The number of carbonyl (C=O) groups excluding carboxylic acids is 1. The summed E-state index contributed by atoms with van der Waals surface area (Å²) in [6.45, 7) is 0. The van der Waals surface area contributed by atoms with Crippen molar-refractivity contribution in [2.45, 2.75) is 42.6 Å². The Bertz CT molecular complexity index is 616. The van der Waals surface area contributed by atoms with Gasteiger partial charge in [-0.1, -0.05) is 6.42 Å². The lowest BCUT2D eigenvalue weighted by Gasteiger charge is -2.37. The third-order valence-electron chi connectivity index (χ3n) is 5.12. The van der Waals surface area contributed by atoms with Crippen molar-refractivity contribution < 1.29 is 23.2 Å². The molecular weight excluding hydrogens is 328 g/mol. The molecule has 0 amide bonds. The first-order valence-electron chi connectivity index (χ1n) is 8.32. The monoisotopic (exact) mass is 352 g/mol. The SMILES string of the molecule is COc1cc(C(=O)C2CC3CCCC(C2)S3=O)cc(OC)c1OC. The van der Waals surface area contributed by atoms with E-state index in [2.05, 4.69) is 0 Å². The third-order valence-corrected chi connectivity index (χ3v) is 7.29. The Morgan fingerprint density at radius 1 is 1.00 bits per heavy atom. The van der Waals surface area contributed by atoms with Gasteiger partial charge in [-0.05, 0) is 37.8 Å². The van der Waals surface area contributed by atoms with Gasteiger partial charge in [-0.2, -0.15) is 0 Å². The van der Waals surface area contributed by atoms with E-state index in [1.165, 1.54) is 0 Å². The molecule has 0 aliphatic carbocycles. The summed E-state index contributed by atoms with van der Waals surface area (Å²) < 4.78 is 28.3. The van der Waals surface area contributed by atoms with Crippen molar-refractivity contribution in [1.82, 2.24) is 0 Å². The Labute approximate surface area is 145 Å². The van der Waals surface area contributed by atoms with Crippen molar-refractivity contribution in [2.75, 3.05) is 21.3 Å². The Kier molecular flexibility index (Phi) is 5.13. The van der Waals surface area contributed by atoms with Crippen LogP contribution in [0.5, 0.6) is 17.2 Å². The predicted octanol–water partition coefficient (Wildman–Crippen LogP) is 2.97. The summed E-state index contributed by atoms with van der Waals surface area (Å²) >= 11 is 0. The van der Waals surface area contributed by atoms with E-state index in [-0.39, 0.29) is 22.2 Å². The van der Waals surface area contributed by atoms with Gasteiger partial charge in [0.05, 0.1) is 21.3 Å². The van der Waals surface area contributed by atoms with E-state index in [9.17, 15) is 9.00 Å². The fraction of sp³-hybridized carbons (Fsp3) is 0.611. The zero-order valence-corrected chi connectivity index (χ0v) is 15.2. The molecule has 0 saturated carbocycles. The van der Waals surface area contributed by atoms with Crippen LogP contribution in [0.4, 0.5) is 0 Å². The molecule has 2 atom stereocenters. The van der Waals surface area contributed by atoms with E-state index in [0.717, 1.165) is 32.1 Å². The first-order chi connectivity index (χ1) is 11.6. The van der Waals surface area contributed by atoms with Gasteiger partial charge in [0, 0.05) is 32.8 Å². The van der Waals surface area contributed by atoms with Gasteiger partial charge in [-0.25, -0.2) is 0 Å². The summed E-state index contributed by atoms with van der Waals surface area (Å²) in [5.74, 6) is 1.47. The summed E-state index contributed by atoms with van der Waals surface area (Å²) in [5, 5.41) is 0.349. The van der Waals surface area contributed by atoms with Gasteiger partial charge in [0.25, 0.3) is 0 Å². The normalized spacial score (nSPS) is 29.0. The smallest absolute Gasteiger partial charge is 0.203 e. The van der Waals surface area contributed by atoms with Crippen LogP contribution in [-0.2, 0) is 10.8 Å². The van der Waals surface area contributed by atoms with Gasteiger partial charge in [-0.15, -0.1) is 0 Å². The van der Waals surface area contributed by atoms with Gasteiger partial charge in [0.15, 0.2) is 17.3 Å². The van der Waals surface area contributed by atoms with E-state index in [0.29, 0.717) is 22.8 Å². The van der Waals surface area contributed by atoms with E-state index in [1.807, 2.05) is 0 Å². The van der Waals surface area contributed by atoms with Crippen LogP contribution in [-0.4, -0.2) is 41.8 Å². The van der Waals surface area contributed by atoms with Crippen LogP contribution in [0.25, 0.3) is 0 Å². The van der Waals surface area contributed by atoms with Gasteiger partial charge < -0.3 is 14.2 Å². The van der Waals surface area contributed by atoms with Crippen molar-refractivity contribution in [2.24, 2.45) is 5.92 Å². The molecule has 2 bridgehead atoms. The second-order valence-corrected chi connectivity index (χ2v) is 8.44. The third kappa shape index (κ3) is 3.04. The minimum atomic E-state index is -0.768. The highest BCUT2D eigenvalue weighted by molar-refractivity contribution is 7.86. The molecule has 0 aromatic heterocycles. The van der Waals surface area contributed by atoms with Crippen LogP contribution in [0.2, 0.25) is 0 Å². The van der Waals surface area contributed by atoms with E-state index >= 15 is 0 Å². The number of Topliss-reactive ketones (excluding diaryl/α,β-unsaturated/α-hetero) is 1. The summed E-state index contributed by atoms with van der Waals surface area (Å²) in [4.78, 5) is 13.0. The number of ether oxygens (including phenoxy) is 3. The minimum absolute atomic E-state index is 0.0687. The number of methoxy groups -OCH3 is 3. The molecule has 24 heavy (non-hydrogen) atoms. The minimum Gasteiger partial charge on any atom is -0.493 e. The second-order valence-electron chi connectivity index (χ2n) is 6.45. The maximum Gasteiger partial charge on any atom is 0.203 e. The summed E-state index contributed by atoms with van der Waals surface area (Å²) in [6, 6.07) is 3.43. The average molecular weight is 352 g/mol. The molecule has 0 N–H and O–H groups in total. The van der Waals surface area contributed by atoms with Gasteiger partial charge in [-0.3, -0.25) is 9.00 Å². The maximum atomic E-state index is 13.0. The first kappa shape index (κ1) is 17.3. The van der Waals surface area contributed by atoms with E-state index < -0.39 is 10.8 Å². The quantitative estimate of drug-likeness (QED) is 0.763. The fourth-order valence-corrected chi connectivity index (χ4v) is 6.09. The number of hydrogen-bond acceptors (Lipinski definition) is 5. The Morgan fingerprint density at radius 2 is 1.54 bits per heavy atom. The average Bonchev–Trinajstić information content (AvgIpc) is 2.59. The zero-order valence-electron chi connectivity index (χ0n) is 14.4. The van der Waals surface area contributed by atoms with Crippen molar-refractivity contribution in [3.8, 4) is 17.2 Å². The molecule has 0 radical (unpaired) electrons. The fourth-order valence-electron chi connectivity index (χ4n) is 3.91. The summed E-state index contributed by atoms with van der Waals surface area (Å²) in [5.41, 5.74) is 0.570. The lowest BCUT2D eigenvalue weighted by atomic mass is 9.84. The number of benzene rings is 1. The Balaban J connectivity index is 1.88. The standard InChI is InChI=1S/C18H24O5S/c1-21-15-9-12(10-16(22-2)18(15)23-3)17(19)11-7-13-5-4-6-14(8-11)24(13)20/h9-11,13-14H,4-8H2,1-3H3. The molecule has 2 aliphatic heterocycles. The molecular formula is C18H24O5S. The predicted molar refractivity (Wildman–Crippen MR) is 92.7 cm³/mol. The van der Waals surface area contributed by atoms with Crippen LogP contribution in [0.3, 0.4) is 0 Å². The lowest BCUT2D eigenvalue weighted by Crippen LogP contribution is -2.41. The van der Waals surface area contributed by atoms with Crippen molar-refractivity contribution in [3.63, 3.8) is 0 Å². The highest BCUT2D eigenvalue weighted by Crippen LogP contribution is 2.41. The van der Waals surface area contributed by atoms with E-state index in [4.69, 9.17) is 14.2 Å². The molecule has 2 aliphatic rings. The summed E-state index contributed by atoms with van der Waals surface area (Å²) in [7, 11) is 3.86. The molecule has 6 heteroatoms. The van der Waals surface area contributed by atoms with Crippen molar-refractivity contribution in [1.29, 1.82) is 0 Å². The van der Waals surface area contributed by atoms with E-state index in [1.54, 1.807) is 33.5 Å². The largest absolute Gasteiger partial charge is 0.493 e. The van der Waals surface area contributed by atoms with Gasteiger partial charge >= 0.3 is 0 Å².